The number of benzene rings is 8. The Morgan fingerprint density at radius 2 is 0.717 bits per heavy atom. The molecule has 0 atom stereocenters. The molecule has 476 valence electrons. The van der Waals surface area contributed by atoms with Gasteiger partial charge in [-0.1, -0.05) is 226 Å². The Hall–Kier alpha value is -6.78. The molecular weight excluding hydrogens is 1110 g/mol. The first-order valence-electron chi connectivity index (χ1n) is 35.2. The Morgan fingerprint density at radius 3 is 1.22 bits per heavy atom. The van der Waals surface area contributed by atoms with Gasteiger partial charge in [-0.05, 0) is 255 Å². The van der Waals surface area contributed by atoms with Gasteiger partial charge in [0.1, 0.15) is 0 Å². The molecule has 0 spiro atoms. The van der Waals surface area contributed by atoms with Crippen molar-refractivity contribution in [1.29, 1.82) is 0 Å². The highest BCUT2D eigenvalue weighted by molar-refractivity contribution is 7.00. The number of fused-ring (bicyclic) bond motifs is 10. The summed E-state index contributed by atoms with van der Waals surface area (Å²) in [7, 11) is 0. The van der Waals surface area contributed by atoms with Gasteiger partial charge in [-0.25, -0.2) is 0 Å². The zero-order valence-electron chi connectivity index (χ0n) is 60.9. The van der Waals surface area contributed by atoms with Crippen molar-refractivity contribution in [3.05, 3.63) is 200 Å². The fraction of sp³-hybridized carbons (Fsp3) is 0.455. The molecule has 2 aliphatic heterocycles. The van der Waals surface area contributed by atoms with E-state index in [1.54, 1.807) is 0 Å². The van der Waals surface area contributed by atoms with Gasteiger partial charge in [0.15, 0.2) is 0 Å². The summed E-state index contributed by atoms with van der Waals surface area (Å²) in [6.07, 6.45) is 6.92. The van der Waals surface area contributed by atoms with Gasteiger partial charge in [0.05, 0.1) is 5.69 Å². The molecule has 0 N–H and O–H groups in total. The smallest absolute Gasteiger partial charge is 0.252 e. The van der Waals surface area contributed by atoms with Crippen LogP contribution in [-0.4, -0.2) is 6.71 Å². The molecule has 2 heterocycles. The second-order valence-corrected chi connectivity index (χ2v) is 37.2. The Balaban J connectivity index is 1.17. The van der Waals surface area contributed by atoms with E-state index in [2.05, 4.69) is 314 Å². The summed E-state index contributed by atoms with van der Waals surface area (Å²) in [5.74, 6) is 0. The van der Waals surface area contributed by atoms with Gasteiger partial charge >= 0.3 is 0 Å². The molecule has 0 unspecified atom stereocenters. The first kappa shape index (κ1) is 62.7. The lowest BCUT2D eigenvalue weighted by Crippen LogP contribution is -2.62. The zero-order valence-corrected chi connectivity index (χ0v) is 60.9. The topological polar surface area (TPSA) is 9.72 Å². The molecule has 14 rings (SSSR count). The Kier molecular flexibility index (Phi) is 13.6. The van der Waals surface area contributed by atoms with Gasteiger partial charge in [0, 0.05) is 50.9 Å². The van der Waals surface area contributed by atoms with Crippen LogP contribution in [0.5, 0.6) is 0 Å². The summed E-state index contributed by atoms with van der Waals surface area (Å²) < 4.78 is 0. The first-order valence-corrected chi connectivity index (χ1v) is 35.2. The van der Waals surface area contributed by atoms with E-state index in [4.69, 9.17) is 0 Å². The second kappa shape index (κ2) is 19.9. The van der Waals surface area contributed by atoms with E-state index in [0.29, 0.717) is 0 Å². The molecule has 8 aromatic carbocycles. The van der Waals surface area contributed by atoms with Crippen LogP contribution in [0.4, 0.5) is 51.2 Å². The number of aryl methyl sites for hydroxylation is 1. The molecule has 0 aromatic heterocycles. The number of hydrogen-bond donors (Lipinski definition) is 0. The van der Waals surface area contributed by atoms with Gasteiger partial charge in [0.25, 0.3) is 6.71 Å². The Bertz CT molecular complexity index is 4320. The van der Waals surface area contributed by atoms with Crippen LogP contribution in [0.25, 0.3) is 11.1 Å². The molecule has 0 bridgehead atoms. The van der Waals surface area contributed by atoms with Gasteiger partial charge in [0.2, 0.25) is 0 Å². The van der Waals surface area contributed by atoms with Crippen LogP contribution in [0, 0.1) is 6.92 Å². The maximum Gasteiger partial charge on any atom is 0.252 e. The lowest BCUT2D eigenvalue weighted by atomic mass is 9.33. The number of rotatable bonds is 5. The fourth-order valence-corrected chi connectivity index (χ4v) is 17.7. The summed E-state index contributed by atoms with van der Waals surface area (Å²) in [5, 5.41) is 0. The van der Waals surface area contributed by atoms with Crippen molar-refractivity contribution >= 4 is 74.3 Å². The summed E-state index contributed by atoms with van der Waals surface area (Å²) in [6.45, 7) is 58.5. The molecule has 0 saturated carbocycles. The van der Waals surface area contributed by atoms with Crippen LogP contribution in [0.1, 0.15) is 265 Å². The third-order valence-electron chi connectivity index (χ3n) is 24.4. The number of hydrogen-bond acceptors (Lipinski definition) is 3. The Labute approximate surface area is 555 Å². The molecule has 3 nitrogen and oxygen atoms in total. The monoisotopic (exact) mass is 1220 g/mol. The largest absolute Gasteiger partial charge is 0.311 e. The van der Waals surface area contributed by atoms with E-state index >= 15 is 0 Å². The summed E-state index contributed by atoms with van der Waals surface area (Å²) >= 11 is 0. The predicted octanol–water partition coefficient (Wildman–Crippen LogP) is 22.8. The van der Waals surface area contributed by atoms with Crippen molar-refractivity contribution < 1.29 is 0 Å². The predicted molar refractivity (Wildman–Crippen MR) is 399 cm³/mol. The summed E-state index contributed by atoms with van der Waals surface area (Å²) in [6, 6.07) is 55.7. The highest BCUT2D eigenvalue weighted by Gasteiger charge is 2.50. The third kappa shape index (κ3) is 9.59. The van der Waals surface area contributed by atoms with Crippen LogP contribution in [-0.2, 0) is 54.1 Å². The van der Waals surface area contributed by atoms with Crippen molar-refractivity contribution in [1.82, 2.24) is 0 Å². The molecule has 0 amide bonds. The minimum absolute atomic E-state index is 0.000537. The minimum atomic E-state index is -0.253. The van der Waals surface area contributed by atoms with Crippen LogP contribution in [0.15, 0.2) is 133 Å². The quantitative estimate of drug-likeness (QED) is 0.159. The third-order valence-corrected chi connectivity index (χ3v) is 24.4. The van der Waals surface area contributed by atoms with E-state index in [9.17, 15) is 0 Å². The summed E-state index contributed by atoms with van der Waals surface area (Å²) in [5.41, 5.74) is 34.9. The fourth-order valence-electron chi connectivity index (χ4n) is 17.7. The van der Waals surface area contributed by atoms with Crippen molar-refractivity contribution in [2.24, 2.45) is 0 Å². The lowest BCUT2D eigenvalue weighted by Gasteiger charge is -2.49. The van der Waals surface area contributed by atoms with E-state index in [0.717, 1.165) is 42.7 Å². The molecule has 4 aliphatic carbocycles. The maximum absolute atomic E-state index is 2.80. The molecule has 4 heteroatoms. The molecule has 0 saturated heterocycles. The molecule has 6 aliphatic rings. The van der Waals surface area contributed by atoms with E-state index in [1.165, 1.54) is 141 Å². The van der Waals surface area contributed by atoms with Crippen molar-refractivity contribution in [2.75, 3.05) is 14.7 Å². The molecule has 0 radical (unpaired) electrons. The highest BCUT2D eigenvalue weighted by Crippen LogP contribution is 2.58. The molecule has 92 heavy (non-hydrogen) atoms. The number of anilines is 9. The van der Waals surface area contributed by atoms with E-state index in [-0.39, 0.29) is 60.9 Å². The van der Waals surface area contributed by atoms with Gasteiger partial charge in [-0.3, -0.25) is 0 Å². The molecule has 8 aromatic rings. The molecule has 0 fully saturated rings. The van der Waals surface area contributed by atoms with Crippen LogP contribution >= 0.6 is 0 Å². The SMILES string of the molecule is Cc1cc2c(cc1N1c3cc4c(cc3B3c5cc6c(cc5N(c5ccc7c(c5)C(C)(C)CCC7(C)C)c5cc(N(c7ccc(C(C)(C)C)cc7)c7ccc(C(C)(C)C)cc7)cc1c53)C(C)(C)CCC6(C)C)-c1ccc(C(C)(C)C)cc1C4(C)C)C(C)(C)CCC2(C)C. The number of nitrogens with zero attached hydrogens (tertiary/aromatic N) is 3. The highest BCUT2D eigenvalue weighted by atomic mass is 15.2. The minimum Gasteiger partial charge on any atom is -0.311 e. The second-order valence-electron chi connectivity index (χ2n) is 37.2. The average Bonchev–Trinajstić information content (AvgIpc) is 0.985. The zero-order chi connectivity index (χ0) is 66.1. The van der Waals surface area contributed by atoms with Gasteiger partial charge in [-0.2, -0.15) is 0 Å². The van der Waals surface area contributed by atoms with Gasteiger partial charge in [-0.15, -0.1) is 0 Å². The van der Waals surface area contributed by atoms with Crippen molar-refractivity contribution in [2.45, 2.75) is 259 Å². The van der Waals surface area contributed by atoms with Crippen molar-refractivity contribution in [3.63, 3.8) is 0 Å². The average molecular weight is 1220 g/mol. The first-order chi connectivity index (χ1) is 42.6. The Morgan fingerprint density at radius 1 is 0.326 bits per heavy atom. The van der Waals surface area contributed by atoms with Crippen molar-refractivity contribution in [3.8, 4) is 11.1 Å². The molecular formula is C88H106BN3. The lowest BCUT2D eigenvalue weighted by molar-refractivity contribution is 0.332. The standard InChI is InChI=1S/C88H106BN3/c1-53-43-66-69(86(19,20)41-39-83(66,13)14)51-73(53)92-75-50-65-62(61-35-29-56(81(8,9)10)44-64(61)88(65,23)24)48-71(75)89-72-49-68-70(87(21,22)42-40-85(68,17)18)52-74(72)91(59-34-36-63-67(45-59)84(15,16)38-37-82(63,11)12)76-46-60(47-77(92)78(76)89)90(57-30-25-54(26-31-57)79(2,3)4)58-32-27-55(28-33-58)80(5,6)7/h25-36,43-52H,37-42H2,1-24H3. The summed E-state index contributed by atoms with van der Waals surface area (Å²) in [4.78, 5) is 8.17. The van der Waals surface area contributed by atoms with E-state index in [1.807, 2.05) is 0 Å². The van der Waals surface area contributed by atoms with Crippen LogP contribution < -0.4 is 31.1 Å². The van der Waals surface area contributed by atoms with E-state index < -0.39 is 0 Å². The van der Waals surface area contributed by atoms with Gasteiger partial charge < -0.3 is 14.7 Å². The normalized spacial score (nSPS) is 19.6. The maximum atomic E-state index is 2.80. The van der Waals surface area contributed by atoms with Crippen LogP contribution in [0.2, 0.25) is 0 Å². The van der Waals surface area contributed by atoms with Crippen LogP contribution in [0.3, 0.4) is 0 Å².